The molecule has 2 rings (SSSR count). The molecule has 2 aliphatic heterocycles. The summed E-state index contributed by atoms with van der Waals surface area (Å²) in [5, 5.41) is 27.7. The Kier molecular flexibility index (Phi) is 3.21. The van der Waals surface area contributed by atoms with Crippen LogP contribution in [0.4, 0.5) is 4.79 Å². The van der Waals surface area contributed by atoms with Gasteiger partial charge in [-0.25, -0.2) is 9.59 Å². The molecule has 2 saturated heterocycles. The van der Waals surface area contributed by atoms with Gasteiger partial charge >= 0.3 is 12.0 Å². The highest BCUT2D eigenvalue weighted by Crippen LogP contribution is 2.21. The molecule has 2 heterocycles. The Morgan fingerprint density at radius 1 is 1.12 bits per heavy atom. The van der Waals surface area contributed by atoms with Crippen LogP contribution >= 0.6 is 0 Å². The first-order valence-corrected chi connectivity index (χ1v) is 5.63. The van der Waals surface area contributed by atoms with Crippen LogP contribution in [-0.4, -0.2) is 75.0 Å². The molecule has 0 aromatic heterocycles. The van der Waals surface area contributed by atoms with E-state index in [4.69, 9.17) is 5.11 Å². The van der Waals surface area contributed by atoms with Gasteiger partial charge in [-0.3, -0.25) is 0 Å². The number of hydrogen-bond donors (Lipinski definition) is 3. The van der Waals surface area contributed by atoms with Crippen LogP contribution < -0.4 is 0 Å². The average molecular weight is 244 g/mol. The van der Waals surface area contributed by atoms with E-state index in [9.17, 15) is 19.8 Å². The monoisotopic (exact) mass is 244 g/mol. The normalized spacial score (nSPS) is 33.2. The number of β-amino-alcohol motifs (C(OH)–C–C–N with tert-alkyl or cyclic N) is 2. The number of carbonyl (C=O) groups is 2. The quantitative estimate of drug-likeness (QED) is 0.532. The Hall–Kier alpha value is -1.34. The molecule has 0 aromatic rings. The van der Waals surface area contributed by atoms with Gasteiger partial charge in [-0.1, -0.05) is 0 Å². The number of urea groups is 1. The van der Waals surface area contributed by atoms with Crippen LogP contribution in [0.25, 0.3) is 0 Å². The minimum atomic E-state index is -1.10. The third-order valence-electron chi connectivity index (χ3n) is 3.24. The van der Waals surface area contributed by atoms with E-state index < -0.39 is 30.3 Å². The number of aliphatic hydroxyl groups excluding tert-OH is 2. The summed E-state index contributed by atoms with van der Waals surface area (Å²) >= 11 is 0. The lowest BCUT2D eigenvalue weighted by Crippen LogP contribution is -2.47. The van der Waals surface area contributed by atoms with Crippen molar-refractivity contribution in [2.45, 2.75) is 31.1 Å². The van der Waals surface area contributed by atoms with Crippen LogP contribution in [0.1, 0.15) is 12.8 Å². The first-order chi connectivity index (χ1) is 7.99. The molecule has 0 aromatic carbocycles. The molecule has 3 atom stereocenters. The van der Waals surface area contributed by atoms with Gasteiger partial charge in [0.25, 0.3) is 0 Å². The third kappa shape index (κ3) is 2.34. The zero-order chi connectivity index (χ0) is 12.6. The molecule has 2 fully saturated rings. The highest BCUT2D eigenvalue weighted by atomic mass is 16.4. The molecule has 0 bridgehead atoms. The van der Waals surface area contributed by atoms with E-state index in [0.29, 0.717) is 13.0 Å². The molecule has 1 unspecified atom stereocenters. The number of carbonyl (C=O) groups excluding carboxylic acids is 1. The number of aliphatic hydroxyl groups is 2. The van der Waals surface area contributed by atoms with Crippen LogP contribution in [-0.2, 0) is 4.79 Å². The van der Waals surface area contributed by atoms with E-state index >= 15 is 0 Å². The van der Waals surface area contributed by atoms with Gasteiger partial charge in [0.1, 0.15) is 6.04 Å². The van der Waals surface area contributed by atoms with Crippen LogP contribution in [0.15, 0.2) is 0 Å². The number of likely N-dealkylation sites (tertiary alicyclic amines) is 2. The summed E-state index contributed by atoms with van der Waals surface area (Å²) < 4.78 is 0. The Morgan fingerprint density at radius 3 is 2.35 bits per heavy atom. The largest absolute Gasteiger partial charge is 0.480 e. The summed E-state index contributed by atoms with van der Waals surface area (Å²) in [6.45, 7) is 0.707. The Balaban J connectivity index is 2.05. The fourth-order valence-corrected chi connectivity index (χ4v) is 2.36. The molecule has 3 N–H and O–H groups in total. The first kappa shape index (κ1) is 12.1. The number of carboxylic acid groups (broad SMARTS) is 1. The van der Waals surface area contributed by atoms with Gasteiger partial charge in [0, 0.05) is 26.1 Å². The number of rotatable bonds is 1. The van der Waals surface area contributed by atoms with Crippen molar-refractivity contribution in [3.8, 4) is 0 Å². The fraction of sp³-hybridized carbons (Fsp3) is 0.800. The van der Waals surface area contributed by atoms with Gasteiger partial charge in [0.2, 0.25) is 0 Å². The number of carboxylic acids is 1. The summed E-state index contributed by atoms with van der Waals surface area (Å²) in [6, 6.07) is -1.37. The molecule has 0 radical (unpaired) electrons. The van der Waals surface area contributed by atoms with E-state index in [1.165, 1.54) is 9.80 Å². The number of hydrogen-bond acceptors (Lipinski definition) is 4. The Bertz CT molecular complexity index is 335. The van der Waals surface area contributed by atoms with Crippen molar-refractivity contribution >= 4 is 12.0 Å². The van der Waals surface area contributed by atoms with E-state index in [0.717, 1.165) is 0 Å². The highest BCUT2D eigenvalue weighted by molar-refractivity contribution is 5.83. The van der Waals surface area contributed by atoms with Gasteiger partial charge in [0.15, 0.2) is 0 Å². The smallest absolute Gasteiger partial charge is 0.326 e. The van der Waals surface area contributed by atoms with Crippen molar-refractivity contribution in [3.63, 3.8) is 0 Å². The standard InChI is InChI=1S/C10H16N2O5/c13-6-1-2-11(4-6)10(17)12-5-7(14)3-8(12)9(15)16/h6-8,13-14H,1-5H2,(H,15,16)/t6?,7-,8-/m0/s1. The van der Waals surface area contributed by atoms with Crippen LogP contribution in [0, 0.1) is 0 Å². The number of amides is 2. The average Bonchev–Trinajstić information content (AvgIpc) is 2.83. The molecule has 96 valence electrons. The molecule has 0 saturated carbocycles. The zero-order valence-electron chi connectivity index (χ0n) is 9.32. The van der Waals surface area contributed by atoms with Crippen LogP contribution in [0.5, 0.6) is 0 Å². The maximum atomic E-state index is 12.0. The van der Waals surface area contributed by atoms with E-state index in [-0.39, 0.29) is 19.5 Å². The molecule has 2 aliphatic rings. The molecule has 0 spiro atoms. The molecular formula is C10H16N2O5. The fourth-order valence-electron chi connectivity index (χ4n) is 2.36. The van der Waals surface area contributed by atoms with Crippen molar-refractivity contribution < 1.29 is 24.9 Å². The van der Waals surface area contributed by atoms with E-state index in [1.54, 1.807) is 0 Å². The maximum absolute atomic E-state index is 12.0. The second kappa shape index (κ2) is 4.50. The zero-order valence-corrected chi connectivity index (χ0v) is 9.32. The predicted octanol–water partition coefficient (Wildman–Crippen LogP) is -1.31. The third-order valence-corrected chi connectivity index (χ3v) is 3.24. The Labute approximate surface area is 98.2 Å². The van der Waals surface area contributed by atoms with E-state index in [2.05, 4.69) is 0 Å². The first-order valence-electron chi connectivity index (χ1n) is 5.63. The second-order valence-electron chi connectivity index (χ2n) is 4.57. The molecular weight excluding hydrogens is 228 g/mol. The predicted molar refractivity (Wildman–Crippen MR) is 56.3 cm³/mol. The molecule has 17 heavy (non-hydrogen) atoms. The van der Waals surface area contributed by atoms with Crippen molar-refractivity contribution in [1.82, 2.24) is 9.80 Å². The van der Waals surface area contributed by atoms with Gasteiger partial charge < -0.3 is 25.1 Å². The molecule has 2 amide bonds. The number of aliphatic carboxylic acids is 1. The lowest BCUT2D eigenvalue weighted by molar-refractivity contribution is -0.141. The molecule has 0 aliphatic carbocycles. The maximum Gasteiger partial charge on any atom is 0.326 e. The summed E-state index contributed by atoms with van der Waals surface area (Å²) in [7, 11) is 0. The van der Waals surface area contributed by atoms with Gasteiger partial charge in [-0.2, -0.15) is 0 Å². The van der Waals surface area contributed by atoms with Gasteiger partial charge in [-0.05, 0) is 6.42 Å². The van der Waals surface area contributed by atoms with Crippen LogP contribution in [0.2, 0.25) is 0 Å². The SMILES string of the molecule is O=C(O)[C@@H]1C[C@H](O)CN1C(=O)N1CCC(O)C1. The molecule has 7 heteroatoms. The second-order valence-corrected chi connectivity index (χ2v) is 4.57. The van der Waals surface area contributed by atoms with Crippen molar-refractivity contribution in [2.75, 3.05) is 19.6 Å². The minimum Gasteiger partial charge on any atom is -0.480 e. The minimum absolute atomic E-state index is 0.0440. The van der Waals surface area contributed by atoms with Gasteiger partial charge in [-0.15, -0.1) is 0 Å². The van der Waals surface area contributed by atoms with Crippen molar-refractivity contribution in [2.24, 2.45) is 0 Å². The van der Waals surface area contributed by atoms with Crippen molar-refractivity contribution in [3.05, 3.63) is 0 Å². The number of nitrogens with zero attached hydrogens (tertiary/aromatic N) is 2. The van der Waals surface area contributed by atoms with Crippen LogP contribution in [0.3, 0.4) is 0 Å². The van der Waals surface area contributed by atoms with Gasteiger partial charge in [0.05, 0.1) is 12.2 Å². The topological polar surface area (TPSA) is 101 Å². The Morgan fingerprint density at radius 2 is 1.82 bits per heavy atom. The highest BCUT2D eigenvalue weighted by Gasteiger charge is 2.41. The van der Waals surface area contributed by atoms with E-state index in [1.807, 2.05) is 0 Å². The summed E-state index contributed by atoms with van der Waals surface area (Å²) in [5.41, 5.74) is 0. The lowest BCUT2D eigenvalue weighted by Gasteiger charge is -2.26. The summed E-state index contributed by atoms with van der Waals surface area (Å²) in [6.07, 6.45) is -0.737. The van der Waals surface area contributed by atoms with Crippen molar-refractivity contribution in [1.29, 1.82) is 0 Å². The summed E-state index contributed by atoms with van der Waals surface area (Å²) in [4.78, 5) is 25.6. The summed E-state index contributed by atoms with van der Waals surface area (Å²) in [5.74, 6) is -1.10. The molecule has 7 nitrogen and oxygen atoms in total. The lowest BCUT2D eigenvalue weighted by atomic mass is 10.2.